The Bertz CT molecular complexity index is 589. The molecule has 1 atom stereocenters. The Kier molecular flexibility index (Phi) is 5.30. The largest absolute Gasteiger partial charge is 0.495 e. The molecule has 112 valence electrons. The molecular weight excluding hydrogens is 368 g/mol. The minimum Gasteiger partial charge on any atom is -0.495 e. The predicted octanol–water partition coefficient (Wildman–Crippen LogP) is 2.14. The van der Waals surface area contributed by atoms with Crippen LogP contribution in [0.5, 0.6) is 5.75 Å². The molecule has 1 saturated heterocycles. The Morgan fingerprint density at radius 3 is 2.85 bits per heavy atom. The van der Waals surface area contributed by atoms with Gasteiger partial charge in [0.1, 0.15) is 5.75 Å². The summed E-state index contributed by atoms with van der Waals surface area (Å²) < 4.78 is 33.0. The monoisotopic (exact) mass is 382 g/mol. The summed E-state index contributed by atoms with van der Waals surface area (Å²) in [4.78, 5) is 0.119. The van der Waals surface area contributed by atoms with Crippen molar-refractivity contribution >= 4 is 37.6 Å². The van der Waals surface area contributed by atoms with Gasteiger partial charge in [0, 0.05) is 17.1 Å². The van der Waals surface area contributed by atoms with E-state index >= 15 is 0 Å². The molecule has 2 rings (SSSR count). The van der Waals surface area contributed by atoms with Crippen LogP contribution in [0.4, 0.5) is 0 Å². The molecule has 0 unspecified atom stereocenters. The first-order valence-corrected chi connectivity index (χ1v) is 8.85. The third kappa shape index (κ3) is 3.65. The van der Waals surface area contributed by atoms with Crippen molar-refractivity contribution in [1.82, 2.24) is 10.0 Å². The van der Waals surface area contributed by atoms with Crippen LogP contribution >= 0.6 is 27.5 Å². The molecule has 20 heavy (non-hydrogen) atoms. The molecule has 2 N–H and O–H groups in total. The van der Waals surface area contributed by atoms with Gasteiger partial charge in [-0.15, -0.1) is 0 Å². The van der Waals surface area contributed by atoms with Gasteiger partial charge in [0.05, 0.1) is 17.0 Å². The quantitative estimate of drug-likeness (QED) is 0.836. The first kappa shape index (κ1) is 16.0. The summed E-state index contributed by atoms with van der Waals surface area (Å²) in [6.45, 7) is 1.57. The van der Waals surface area contributed by atoms with E-state index in [1.54, 1.807) is 6.07 Å². The van der Waals surface area contributed by atoms with Gasteiger partial charge in [-0.25, -0.2) is 13.1 Å². The summed E-state index contributed by atoms with van der Waals surface area (Å²) in [5, 5.41) is 3.43. The first-order chi connectivity index (χ1) is 9.44. The van der Waals surface area contributed by atoms with Crippen molar-refractivity contribution in [2.45, 2.75) is 23.8 Å². The molecule has 0 radical (unpaired) electrons. The zero-order valence-corrected chi connectivity index (χ0v) is 14.1. The number of ether oxygens (including phenoxy) is 1. The van der Waals surface area contributed by atoms with Crippen molar-refractivity contribution < 1.29 is 13.2 Å². The van der Waals surface area contributed by atoms with Crippen LogP contribution in [-0.4, -0.2) is 34.7 Å². The van der Waals surface area contributed by atoms with E-state index in [1.807, 2.05) is 0 Å². The third-order valence-electron chi connectivity index (χ3n) is 3.11. The highest BCUT2D eigenvalue weighted by Gasteiger charge is 2.24. The Hall–Kier alpha value is -0.340. The molecule has 1 fully saturated rings. The molecule has 1 aromatic carbocycles. The number of hydrogen-bond donors (Lipinski definition) is 2. The Balaban J connectivity index is 2.26. The van der Waals surface area contributed by atoms with Gasteiger partial charge in [-0.3, -0.25) is 0 Å². The lowest BCUT2D eigenvalue weighted by molar-refractivity contribution is 0.414. The number of nitrogens with one attached hydrogen (secondary N) is 2. The van der Waals surface area contributed by atoms with Gasteiger partial charge in [-0.1, -0.05) is 11.6 Å². The molecule has 5 nitrogen and oxygen atoms in total. The molecule has 0 spiro atoms. The lowest BCUT2D eigenvalue weighted by Crippen LogP contribution is -2.45. The number of sulfonamides is 1. The number of rotatable bonds is 4. The number of piperidine rings is 1. The second kappa shape index (κ2) is 6.62. The van der Waals surface area contributed by atoms with Crippen molar-refractivity contribution in [1.29, 1.82) is 0 Å². The van der Waals surface area contributed by atoms with Crippen LogP contribution in [0.3, 0.4) is 0 Å². The SMILES string of the molecule is COc1cc(Br)c(S(=O)(=O)N[C@H]2CCCNC2)cc1Cl. The molecule has 1 aromatic rings. The molecule has 1 heterocycles. The van der Waals surface area contributed by atoms with Crippen molar-refractivity contribution in [2.24, 2.45) is 0 Å². The van der Waals surface area contributed by atoms with Crippen LogP contribution in [0.2, 0.25) is 5.02 Å². The van der Waals surface area contributed by atoms with Gasteiger partial charge in [0.25, 0.3) is 0 Å². The molecule has 1 aliphatic heterocycles. The van der Waals surface area contributed by atoms with Gasteiger partial charge in [0.15, 0.2) is 0 Å². The zero-order chi connectivity index (χ0) is 14.8. The van der Waals surface area contributed by atoms with Crippen LogP contribution in [0.15, 0.2) is 21.5 Å². The number of methoxy groups -OCH3 is 1. The predicted molar refractivity (Wildman–Crippen MR) is 81.9 cm³/mol. The average Bonchev–Trinajstić information content (AvgIpc) is 2.41. The Labute approximate surface area is 132 Å². The van der Waals surface area contributed by atoms with Crippen molar-refractivity contribution in [2.75, 3.05) is 20.2 Å². The third-order valence-corrected chi connectivity index (χ3v) is 5.89. The van der Waals surface area contributed by atoms with E-state index in [1.165, 1.54) is 13.2 Å². The molecule has 0 amide bonds. The Morgan fingerprint density at radius 2 is 2.25 bits per heavy atom. The smallest absolute Gasteiger partial charge is 0.242 e. The second-order valence-electron chi connectivity index (χ2n) is 4.58. The zero-order valence-electron chi connectivity index (χ0n) is 10.9. The van der Waals surface area contributed by atoms with Gasteiger partial charge in [0.2, 0.25) is 10.0 Å². The Morgan fingerprint density at radius 1 is 1.50 bits per heavy atom. The van der Waals surface area contributed by atoms with Gasteiger partial charge >= 0.3 is 0 Å². The fraction of sp³-hybridized carbons (Fsp3) is 0.500. The van der Waals surface area contributed by atoms with Crippen molar-refractivity contribution in [3.8, 4) is 5.75 Å². The molecule has 1 aliphatic rings. The lowest BCUT2D eigenvalue weighted by atomic mass is 10.1. The maximum Gasteiger partial charge on any atom is 0.242 e. The van der Waals surface area contributed by atoms with Gasteiger partial charge < -0.3 is 10.1 Å². The van der Waals surface area contributed by atoms with Crippen LogP contribution < -0.4 is 14.8 Å². The summed E-state index contributed by atoms with van der Waals surface area (Å²) in [6.07, 6.45) is 1.78. The molecular formula is C12H16BrClN2O3S. The molecule has 0 saturated carbocycles. The van der Waals surface area contributed by atoms with E-state index in [2.05, 4.69) is 26.0 Å². The normalized spacial score (nSPS) is 19.9. The highest BCUT2D eigenvalue weighted by atomic mass is 79.9. The summed E-state index contributed by atoms with van der Waals surface area (Å²) in [5.41, 5.74) is 0. The van der Waals surface area contributed by atoms with Crippen molar-refractivity contribution in [3.05, 3.63) is 21.6 Å². The minimum absolute atomic E-state index is 0.0958. The highest BCUT2D eigenvalue weighted by molar-refractivity contribution is 9.10. The number of halogens is 2. The van der Waals surface area contributed by atoms with Gasteiger partial charge in [-0.2, -0.15) is 0 Å². The minimum atomic E-state index is -3.61. The first-order valence-electron chi connectivity index (χ1n) is 6.20. The fourth-order valence-electron chi connectivity index (χ4n) is 2.11. The van der Waals surface area contributed by atoms with E-state index in [0.29, 0.717) is 16.8 Å². The standard InChI is InChI=1S/C12H16BrClN2O3S/c1-19-11-5-9(13)12(6-10(11)14)20(17,18)16-8-3-2-4-15-7-8/h5-6,8,15-16H,2-4,7H2,1H3/t8-/m0/s1. The van der Waals surface area contributed by atoms with Crippen molar-refractivity contribution in [3.63, 3.8) is 0 Å². The van der Waals surface area contributed by atoms with E-state index in [0.717, 1.165) is 19.4 Å². The average molecular weight is 384 g/mol. The second-order valence-corrected chi connectivity index (χ2v) is 7.53. The maximum absolute atomic E-state index is 12.4. The van der Waals surface area contributed by atoms with Crippen LogP contribution in [0, 0.1) is 0 Å². The number of benzene rings is 1. The summed E-state index contributed by atoms with van der Waals surface area (Å²) in [7, 11) is -2.13. The van der Waals surface area contributed by atoms with E-state index in [-0.39, 0.29) is 16.0 Å². The molecule has 8 heteroatoms. The van der Waals surface area contributed by atoms with E-state index in [4.69, 9.17) is 16.3 Å². The highest BCUT2D eigenvalue weighted by Crippen LogP contribution is 2.33. The molecule has 0 bridgehead atoms. The molecule has 0 aromatic heterocycles. The van der Waals surface area contributed by atoms with E-state index < -0.39 is 10.0 Å². The van der Waals surface area contributed by atoms with Crippen LogP contribution in [0.25, 0.3) is 0 Å². The van der Waals surface area contributed by atoms with Crippen LogP contribution in [0.1, 0.15) is 12.8 Å². The van der Waals surface area contributed by atoms with Crippen LogP contribution in [-0.2, 0) is 10.0 Å². The molecule has 0 aliphatic carbocycles. The topological polar surface area (TPSA) is 67.4 Å². The fourth-order valence-corrected chi connectivity index (χ4v) is 4.73. The summed E-state index contributed by atoms with van der Waals surface area (Å²) >= 11 is 9.25. The maximum atomic E-state index is 12.4. The van der Waals surface area contributed by atoms with Gasteiger partial charge in [-0.05, 0) is 47.4 Å². The van der Waals surface area contributed by atoms with E-state index in [9.17, 15) is 8.42 Å². The lowest BCUT2D eigenvalue weighted by Gasteiger charge is -2.24. The number of hydrogen-bond acceptors (Lipinski definition) is 4. The summed E-state index contributed by atoms with van der Waals surface area (Å²) in [5.74, 6) is 0.428. The summed E-state index contributed by atoms with van der Waals surface area (Å²) in [6, 6.07) is 2.85.